The second kappa shape index (κ2) is 5.18. The molecule has 0 amide bonds. The number of esters is 1. The average molecular weight is 297 g/mol. The van der Waals surface area contributed by atoms with Crippen LogP contribution < -0.4 is 5.32 Å². The van der Waals surface area contributed by atoms with Crippen LogP contribution in [0.15, 0.2) is 0 Å². The van der Waals surface area contributed by atoms with Crippen molar-refractivity contribution in [2.45, 2.75) is 64.0 Å². The molecule has 0 radical (unpaired) electrons. The second-order valence-corrected chi connectivity index (χ2v) is 6.14. The number of nitrogens with one attached hydrogen (secondary N) is 1. The predicted octanol–water partition coefficient (Wildman–Crippen LogP) is 2.42. The fraction of sp³-hybridized carbons (Fsp3) is 0.923. The van der Waals surface area contributed by atoms with E-state index in [9.17, 15) is 18.0 Å². The molecule has 0 aliphatic carbocycles. The molecule has 1 atom stereocenters. The summed E-state index contributed by atoms with van der Waals surface area (Å²) in [6.45, 7) is 7.13. The topological polar surface area (TPSA) is 47.6 Å². The maximum absolute atomic E-state index is 12.5. The largest absolute Gasteiger partial charge is 0.465 e. The molecule has 4 nitrogen and oxygen atoms in total. The number of ether oxygens (including phenoxy) is 2. The molecule has 1 heterocycles. The zero-order valence-electron chi connectivity index (χ0n) is 12.5. The van der Waals surface area contributed by atoms with Crippen molar-refractivity contribution in [3.8, 4) is 0 Å². The first kappa shape index (κ1) is 17.2. The van der Waals surface area contributed by atoms with Gasteiger partial charge in [-0.3, -0.25) is 5.32 Å². The molecule has 7 heteroatoms. The summed E-state index contributed by atoms with van der Waals surface area (Å²) in [5.74, 6) is -0.708. The van der Waals surface area contributed by atoms with Crippen molar-refractivity contribution in [2.75, 3.05) is 13.2 Å². The van der Waals surface area contributed by atoms with E-state index in [4.69, 9.17) is 9.47 Å². The Bertz CT molecular complexity index is 380. The number of hydrogen-bond acceptors (Lipinski definition) is 4. The average Bonchev–Trinajstić information content (AvgIpc) is 2.40. The molecular weight excluding hydrogens is 275 g/mol. The van der Waals surface area contributed by atoms with Crippen LogP contribution in [0.25, 0.3) is 0 Å². The SMILES string of the molecule is CCOC(=O)C1(NCC(F)(F)F)CC(C)(C)OC1(C)C. The van der Waals surface area contributed by atoms with Crippen LogP contribution in [-0.4, -0.2) is 42.0 Å². The Morgan fingerprint density at radius 1 is 1.30 bits per heavy atom. The van der Waals surface area contributed by atoms with Crippen LogP contribution in [-0.2, 0) is 14.3 Å². The van der Waals surface area contributed by atoms with E-state index in [0.717, 1.165) is 0 Å². The third-order valence-electron chi connectivity index (χ3n) is 3.46. The molecule has 0 aromatic heterocycles. The smallest absolute Gasteiger partial charge is 0.401 e. The van der Waals surface area contributed by atoms with Gasteiger partial charge in [0.15, 0.2) is 0 Å². The number of alkyl halides is 3. The molecule has 1 aliphatic rings. The van der Waals surface area contributed by atoms with E-state index in [1.54, 1.807) is 34.6 Å². The lowest BCUT2D eigenvalue weighted by Crippen LogP contribution is -2.64. The van der Waals surface area contributed by atoms with Crippen molar-refractivity contribution in [3.05, 3.63) is 0 Å². The third-order valence-corrected chi connectivity index (χ3v) is 3.46. The molecule has 1 fully saturated rings. The Hall–Kier alpha value is -0.820. The summed E-state index contributed by atoms with van der Waals surface area (Å²) in [6.07, 6.45) is -4.30. The standard InChI is InChI=1S/C13H22F3NO3/c1-6-19-9(18)12(17-8-13(14,15)16)7-10(2,3)20-11(12,4)5/h17H,6-8H2,1-5H3. The van der Waals surface area contributed by atoms with Crippen LogP contribution in [0.3, 0.4) is 0 Å². The second-order valence-electron chi connectivity index (χ2n) is 6.14. The van der Waals surface area contributed by atoms with Crippen molar-refractivity contribution in [1.82, 2.24) is 5.32 Å². The minimum absolute atomic E-state index is 0.102. The number of halogens is 3. The fourth-order valence-electron chi connectivity index (χ4n) is 2.84. The van der Waals surface area contributed by atoms with E-state index in [0.29, 0.717) is 0 Å². The minimum Gasteiger partial charge on any atom is -0.465 e. The summed E-state index contributed by atoms with van der Waals surface area (Å²) in [5, 5.41) is 2.34. The number of rotatable bonds is 4. The van der Waals surface area contributed by atoms with Gasteiger partial charge in [-0.15, -0.1) is 0 Å². The first-order valence-electron chi connectivity index (χ1n) is 6.54. The number of hydrogen-bond donors (Lipinski definition) is 1. The molecule has 1 aliphatic heterocycles. The van der Waals surface area contributed by atoms with Crippen molar-refractivity contribution < 1.29 is 27.4 Å². The number of carbonyl (C=O) groups is 1. The molecule has 0 spiro atoms. The lowest BCUT2D eigenvalue weighted by atomic mass is 9.79. The van der Waals surface area contributed by atoms with Gasteiger partial charge in [-0.2, -0.15) is 13.2 Å². The van der Waals surface area contributed by atoms with Gasteiger partial charge in [0.05, 0.1) is 24.4 Å². The van der Waals surface area contributed by atoms with Gasteiger partial charge in [0.2, 0.25) is 0 Å². The van der Waals surface area contributed by atoms with E-state index >= 15 is 0 Å². The minimum atomic E-state index is -4.41. The molecular formula is C13H22F3NO3. The summed E-state index contributed by atoms with van der Waals surface area (Å²) in [4.78, 5) is 12.3. The Morgan fingerprint density at radius 3 is 2.20 bits per heavy atom. The molecule has 0 saturated carbocycles. The van der Waals surface area contributed by atoms with Gasteiger partial charge in [0, 0.05) is 6.42 Å². The Balaban J connectivity index is 3.11. The van der Waals surface area contributed by atoms with Crippen molar-refractivity contribution >= 4 is 5.97 Å². The number of carbonyl (C=O) groups excluding carboxylic acids is 1. The lowest BCUT2D eigenvalue weighted by Gasteiger charge is -2.38. The third kappa shape index (κ3) is 3.44. The molecule has 0 aromatic rings. The van der Waals surface area contributed by atoms with Gasteiger partial charge in [-0.25, -0.2) is 4.79 Å². The summed E-state index contributed by atoms with van der Waals surface area (Å²) in [7, 11) is 0. The fourth-order valence-corrected chi connectivity index (χ4v) is 2.84. The highest BCUT2D eigenvalue weighted by molar-refractivity contribution is 5.83. The normalized spacial score (nSPS) is 28.4. The van der Waals surface area contributed by atoms with E-state index in [1.807, 2.05) is 0 Å². The van der Waals surface area contributed by atoms with Gasteiger partial charge >= 0.3 is 12.1 Å². The van der Waals surface area contributed by atoms with E-state index in [1.165, 1.54) is 0 Å². The van der Waals surface area contributed by atoms with Gasteiger partial charge in [0.1, 0.15) is 5.54 Å². The summed E-state index contributed by atoms with van der Waals surface area (Å²) in [5.41, 5.74) is -3.33. The van der Waals surface area contributed by atoms with E-state index in [2.05, 4.69) is 5.32 Å². The van der Waals surface area contributed by atoms with Crippen LogP contribution in [0, 0.1) is 0 Å². The summed E-state index contributed by atoms with van der Waals surface area (Å²) < 4.78 is 48.3. The Morgan fingerprint density at radius 2 is 1.85 bits per heavy atom. The lowest BCUT2D eigenvalue weighted by molar-refractivity contribution is -0.165. The molecule has 20 heavy (non-hydrogen) atoms. The Kier molecular flexibility index (Phi) is 4.46. The van der Waals surface area contributed by atoms with E-state index < -0.39 is 35.4 Å². The molecule has 0 aromatic carbocycles. The highest BCUT2D eigenvalue weighted by Crippen LogP contribution is 2.46. The Labute approximate surface area is 117 Å². The molecule has 118 valence electrons. The van der Waals surface area contributed by atoms with Crippen LogP contribution >= 0.6 is 0 Å². The molecule has 1 unspecified atom stereocenters. The highest BCUT2D eigenvalue weighted by atomic mass is 19.4. The first-order chi connectivity index (χ1) is 8.85. The van der Waals surface area contributed by atoms with Crippen LogP contribution in [0.2, 0.25) is 0 Å². The van der Waals surface area contributed by atoms with Crippen molar-refractivity contribution in [3.63, 3.8) is 0 Å². The van der Waals surface area contributed by atoms with Crippen molar-refractivity contribution in [1.29, 1.82) is 0 Å². The molecule has 1 rings (SSSR count). The van der Waals surface area contributed by atoms with Crippen LogP contribution in [0.4, 0.5) is 13.2 Å². The molecule has 0 bridgehead atoms. The van der Waals surface area contributed by atoms with Gasteiger partial charge in [0.25, 0.3) is 0 Å². The molecule has 1 N–H and O–H groups in total. The maximum Gasteiger partial charge on any atom is 0.401 e. The first-order valence-corrected chi connectivity index (χ1v) is 6.54. The highest BCUT2D eigenvalue weighted by Gasteiger charge is 2.63. The van der Waals surface area contributed by atoms with Gasteiger partial charge in [-0.05, 0) is 34.6 Å². The van der Waals surface area contributed by atoms with Crippen LogP contribution in [0.1, 0.15) is 41.0 Å². The van der Waals surface area contributed by atoms with Crippen molar-refractivity contribution in [2.24, 2.45) is 0 Å². The zero-order valence-corrected chi connectivity index (χ0v) is 12.5. The molecule has 1 saturated heterocycles. The monoisotopic (exact) mass is 297 g/mol. The van der Waals surface area contributed by atoms with E-state index in [-0.39, 0.29) is 13.0 Å². The maximum atomic E-state index is 12.5. The van der Waals surface area contributed by atoms with Crippen LogP contribution in [0.5, 0.6) is 0 Å². The summed E-state index contributed by atoms with van der Waals surface area (Å²) >= 11 is 0. The zero-order chi connectivity index (χ0) is 15.8. The summed E-state index contributed by atoms with van der Waals surface area (Å²) in [6, 6.07) is 0. The van der Waals surface area contributed by atoms with Gasteiger partial charge < -0.3 is 9.47 Å². The van der Waals surface area contributed by atoms with Gasteiger partial charge in [-0.1, -0.05) is 0 Å². The predicted molar refractivity (Wildman–Crippen MR) is 67.3 cm³/mol. The quantitative estimate of drug-likeness (QED) is 0.810.